The Morgan fingerprint density at radius 2 is 1.95 bits per heavy atom. The number of amides is 3. The number of halogens is 1. The van der Waals surface area contributed by atoms with Crippen molar-refractivity contribution in [3.05, 3.63) is 82.4 Å². The molecule has 0 aliphatic carbocycles. The first-order chi connectivity index (χ1) is 18.7. The van der Waals surface area contributed by atoms with Crippen LogP contribution >= 0.6 is 11.6 Å². The lowest BCUT2D eigenvalue weighted by Crippen LogP contribution is -2.55. The predicted molar refractivity (Wildman–Crippen MR) is 155 cm³/mol. The topological polar surface area (TPSA) is 148 Å². The molecule has 3 atom stereocenters. The summed E-state index contributed by atoms with van der Waals surface area (Å²) < 4.78 is 28.1. The number of benzene rings is 2. The van der Waals surface area contributed by atoms with Gasteiger partial charge in [-0.05, 0) is 56.4 Å². The quantitative estimate of drug-likeness (QED) is 0.285. The highest BCUT2D eigenvalue weighted by Gasteiger charge is 2.33. The smallest absolute Gasteiger partial charge is 0.320 e. The van der Waals surface area contributed by atoms with Gasteiger partial charge in [0, 0.05) is 17.0 Å². The number of nitrogens with one attached hydrogen (secondary N) is 1. The number of aryl methyl sites for hydroxylation is 1. The van der Waals surface area contributed by atoms with E-state index >= 15 is 0 Å². The Labute approximate surface area is 241 Å². The highest BCUT2D eigenvalue weighted by Crippen LogP contribution is 2.29. The number of rotatable bonds is 10. The number of hydrogen-bond acceptors (Lipinski definition) is 6. The molecule has 2 aromatic carbocycles. The first-order valence-electron chi connectivity index (χ1n) is 13.1. The molecule has 10 nitrogen and oxygen atoms in total. The SMILES string of the molecule is Cc1ccc(CN(NC(=O)[C@H](C)N)C(=O)N2CCCC2/C=C/[C@](C)(COS(N)(=O)=O)Cc2cccc(Cl)c2)cc1. The van der Waals surface area contributed by atoms with Crippen molar-refractivity contribution in [3.8, 4) is 0 Å². The monoisotopic (exact) mass is 591 g/mol. The summed E-state index contributed by atoms with van der Waals surface area (Å²) in [5, 5.41) is 6.96. The molecule has 2 aromatic rings. The van der Waals surface area contributed by atoms with Gasteiger partial charge in [-0.15, -0.1) is 0 Å². The molecule has 1 fully saturated rings. The lowest BCUT2D eigenvalue weighted by atomic mass is 9.83. The van der Waals surface area contributed by atoms with Gasteiger partial charge < -0.3 is 10.6 Å². The van der Waals surface area contributed by atoms with Crippen LogP contribution in [0.15, 0.2) is 60.7 Å². The zero-order valence-corrected chi connectivity index (χ0v) is 24.6. The van der Waals surface area contributed by atoms with Crippen molar-refractivity contribution in [2.75, 3.05) is 13.2 Å². The zero-order chi connectivity index (χ0) is 29.5. The van der Waals surface area contributed by atoms with Gasteiger partial charge in [-0.3, -0.25) is 14.4 Å². The molecule has 1 heterocycles. The maximum absolute atomic E-state index is 13.7. The minimum absolute atomic E-state index is 0.166. The van der Waals surface area contributed by atoms with Gasteiger partial charge >= 0.3 is 16.3 Å². The van der Waals surface area contributed by atoms with Crippen LogP contribution in [0, 0.1) is 12.3 Å². The number of nitrogens with zero attached hydrogens (tertiary/aromatic N) is 2. The second-order valence-corrected chi connectivity index (χ2v) is 12.3. The summed E-state index contributed by atoms with van der Waals surface area (Å²) >= 11 is 6.16. The highest BCUT2D eigenvalue weighted by atomic mass is 35.5. The summed E-state index contributed by atoms with van der Waals surface area (Å²) in [6.45, 7) is 5.84. The third-order valence-corrected chi connectivity index (χ3v) is 7.35. The van der Waals surface area contributed by atoms with Gasteiger partial charge in [0.2, 0.25) is 0 Å². The fourth-order valence-electron chi connectivity index (χ4n) is 4.48. The third kappa shape index (κ3) is 9.60. The maximum Gasteiger partial charge on any atom is 0.339 e. The summed E-state index contributed by atoms with van der Waals surface area (Å²) in [4.78, 5) is 27.9. The maximum atomic E-state index is 13.7. The number of hydrazine groups is 1. The molecule has 1 aliphatic rings. The average Bonchev–Trinajstić information content (AvgIpc) is 3.35. The summed E-state index contributed by atoms with van der Waals surface area (Å²) in [5.41, 5.74) is 10.5. The Morgan fingerprint density at radius 3 is 2.58 bits per heavy atom. The van der Waals surface area contributed by atoms with Crippen molar-refractivity contribution < 1.29 is 22.2 Å². The van der Waals surface area contributed by atoms with E-state index in [-0.39, 0.29) is 25.2 Å². The molecule has 5 N–H and O–H groups in total. The Kier molecular flexibility index (Phi) is 10.7. The van der Waals surface area contributed by atoms with Gasteiger partial charge in [-0.1, -0.05) is 72.6 Å². The first-order valence-corrected chi connectivity index (χ1v) is 14.9. The fourth-order valence-corrected chi connectivity index (χ4v) is 5.13. The van der Waals surface area contributed by atoms with Gasteiger partial charge in [0.05, 0.1) is 25.2 Å². The molecule has 218 valence electrons. The van der Waals surface area contributed by atoms with E-state index in [0.717, 1.165) is 23.1 Å². The summed E-state index contributed by atoms with van der Waals surface area (Å²) in [6.07, 6.45) is 5.63. The molecule has 1 aliphatic heterocycles. The van der Waals surface area contributed by atoms with Gasteiger partial charge in [0.15, 0.2) is 0 Å². The largest absolute Gasteiger partial charge is 0.339 e. The Hall–Kier alpha value is -2.96. The minimum atomic E-state index is -4.16. The van der Waals surface area contributed by atoms with E-state index in [1.165, 1.54) is 5.01 Å². The molecular formula is C28H38ClN5O5S. The molecule has 0 bridgehead atoms. The van der Waals surface area contributed by atoms with Crippen molar-refractivity contribution in [1.82, 2.24) is 15.3 Å². The van der Waals surface area contributed by atoms with Gasteiger partial charge in [-0.2, -0.15) is 8.42 Å². The lowest BCUT2D eigenvalue weighted by Gasteiger charge is -2.32. The van der Waals surface area contributed by atoms with E-state index in [9.17, 15) is 18.0 Å². The van der Waals surface area contributed by atoms with Crippen LogP contribution in [0.5, 0.6) is 0 Å². The van der Waals surface area contributed by atoms with E-state index < -0.39 is 27.7 Å². The Balaban J connectivity index is 1.84. The number of likely N-dealkylation sites (tertiary alicyclic amines) is 1. The van der Waals surface area contributed by atoms with E-state index in [4.69, 9.17) is 26.7 Å². The zero-order valence-electron chi connectivity index (χ0n) is 23.0. The number of nitrogens with two attached hydrogens (primary N) is 2. The van der Waals surface area contributed by atoms with E-state index in [1.54, 1.807) is 24.0 Å². The normalized spacial score (nSPS) is 17.9. The van der Waals surface area contributed by atoms with Crippen molar-refractivity contribution in [1.29, 1.82) is 0 Å². The van der Waals surface area contributed by atoms with Crippen LogP contribution in [0.1, 0.15) is 43.4 Å². The second kappa shape index (κ2) is 13.6. The molecule has 40 heavy (non-hydrogen) atoms. The lowest BCUT2D eigenvalue weighted by molar-refractivity contribution is -0.126. The van der Waals surface area contributed by atoms with Crippen LogP contribution in [-0.4, -0.2) is 55.5 Å². The first kappa shape index (κ1) is 31.6. The minimum Gasteiger partial charge on any atom is -0.320 e. The number of carbonyl (C=O) groups is 2. The molecular weight excluding hydrogens is 554 g/mol. The molecule has 1 saturated heterocycles. The standard InChI is InChI=1S/C28H38ClN5O5S/c1-20-9-11-22(12-10-20)18-34(32-26(35)21(2)30)27(36)33-15-5-8-25(33)13-14-28(3,19-39-40(31,37)38)17-23-6-4-7-24(29)16-23/h4,6-7,9-14,16,21,25H,5,8,15,17-19,30H2,1-3H3,(H,32,35)(H2,31,37,38)/b14-13+/t21-,25?,28-/m0/s1. The van der Waals surface area contributed by atoms with Crippen LogP contribution in [0.4, 0.5) is 4.79 Å². The highest BCUT2D eigenvalue weighted by molar-refractivity contribution is 7.84. The van der Waals surface area contributed by atoms with Crippen LogP contribution in [0.2, 0.25) is 5.02 Å². The van der Waals surface area contributed by atoms with E-state index in [0.29, 0.717) is 24.4 Å². The second-order valence-electron chi connectivity index (χ2n) is 10.6. The number of hydrogen-bond donors (Lipinski definition) is 3. The van der Waals surface area contributed by atoms with Crippen LogP contribution in [0.25, 0.3) is 0 Å². The fraction of sp³-hybridized carbons (Fsp3) is 0.429. The van der Waals surface area contributed by atoms with E-state index in [2.05, 4.69) is 5.43 Å². The summed E-state index contributed by atoms with van der Waals surface area (Å²) in [5.74, 6) is -0.471. The average molecular weight is 592 g/mol. The Morgan fingerprint density at radius 1 is 1.25 bits per heavy atom. The van der Waals surface area contributed by atoms with Crippen LogP contribution in [0.3, 0.4) is 0 Å². The number of urea groups is 1. The molecule has 1 unspecified atom stereocenters. The molecule has 0 spiro atoms. The van der Waals surface area contributed by atoms with Crippen molar-refractivity contribution >= 4 is 33.8 Å². The molecule has 3 amide bonds. The van der Waals surface area contributed by atoms with Crippen molar-refractivity contribution in [2.45, 2.75) is 58.7 Å². The van der Waals surface area contributed by atoms with Gasteiger partial charge in [-0.25, -0.2) is 14.9 Å². The predicted octanol–water partition coefficient (Wildman–Crippen LogP) is 3.44. The van der Waals surface area contributed by atoms with Crippen molar-refractivity contribution in [2.24, 2.45) is 16.3 Å². The van der Waals surface area contributed by atoms with Crippen LogP contribution in [-0.2, 0) is 32.2 Å². The molecule has 3 rings (SSSR count). The van der Waals surface area contributed by atoms with Crippen LogP contribution < -0.4 is 16.3 Å². The van der Waals surface area contributed by atoms with E-state index in [1.807, 2.05) is 62.4 Å². The molecule has 0 radical (unpaired) electrons. The molecule has 0 saturated carbocycles. The molecule has 12 heteroatoms. The number of carbonyl (C=O) groups excluding carboxylic acids is 2. The van der Waals surface area contributed by atoms with Crippen molar-refractivity contribution in [3.63, 3.8) is 0 Å². The van der Waals surface area contributed by atoms with Gasteiger partial charge in [0.25, 0.3) is 5.91 Å². The van der Waals surface area contributed by atoms with Gasteiger partial charge in [0.1, 0.15) is 0 Å². The summed E-state index contributed by atoms with van der Waals surface area (Å²) in [6, 6.07) is 13.5. The Bertz CT molecular complexity index is 1320. The summed E-state index contributed by atoms with van der Waals surface area (Å²) in [7, 11) is -4.16. The third-order valence-electron chi connectivity index (χ3n) is 6.67. The molecule has 0 aromatic heterocycles.